The van der Waals surface area contributed by atoms with E-state index < -0.39 is 0 Å². The molecule has 0 saturated heterocycles. The minimum Gasteiger partial charge on any atom is -0.392 e. The van der Waals surface area contributed by atoms with Crippen molar-refractivity contribution >= 4 is 11.3 Å². The van der Waals surface area contributed by atoms with Gasteiger partial charge in [0.25, 0.3) is 0 Å². The van der Waals surface area contributed by atoms with Crippen LogP contribution in [0.3, 0.4) is 0 Å². The van der Waals surface area contributed by atoms with Crippen LogP contribution in [0.25, 0.3) is 0 Å². The van der Waals surface area contributed by atoms with Gasteiger partial charge in [-0.15, -0.1) is 11.3 Å². The zero-order valence-corrected chi connectivity index (χ0v) is 14.0. The van der Waals surface area contributed by atoms with E-state index in [2.05, 4.69) is 44.1 Å². The Bertz CT molecular complexity index is 592. The van der Waals surface area contributed by atoms with Gasteiger partial charge in [-0.2, -0.15) is 0 Å². The van der Waals surface area contributed by atoms with E-state index in [0.29, 0.717) is 5.92 Å². The lowest BCUT2D eigenvalue weighted by molar-refractivity contribution is 0.280. The van der Waals surface area contributed by atoms with Crippen molar-refractivity contribution in [3.05, 3.63) is 51.0 Å². The first-order chi connectivity index (χ1) is 10.0. The molecule has 0 bridgehead atoms. The normalized spacial score (nSPS) is 12.9. The zero-order chi connectivity index (χ0) is 15.4. The fraction of sp³-hybridized carbons (Fsp3) is 0.471. The number of thiazole rings is 1. The maximum atomic E-state index is 9.37. The van der Waals surface area contributed by atoms with Crippen LogP contribution in [0.2, 0.25) is 0 Å². The molecule has 1 heterocycles. The third-order valence-electron chi connectivity index (χ3n) is 3.62. The topological polar surface area (TPSA) is 45.2 Å². The Balaban J connectivity index is 2.06. The minimum atomic E-state index is 0.0866. The summed E-state index contributed by atoms with van der Waals surface area (Å²) in [5, 5.41) is 14.1. The number of nitrogens with zero attached hydrogens (tertiary/aromatic N) is 1. The Labute approximate surface area is 131 Å². The third-order valence-corrected chi connectivity index (χ3v) is 5.26. The van der Waals surface area contributed by atoms with Crippen LogP contribution >= 0.6 is 11.3 Å². The number of benzene rings is 1. The molecule has 0 aliphatic rings. The van der Waals surface area contributed by atoms with Gasteiger partial charge in [-0.25, -0.2) is 4.98 Å². The van der Waals surface area contributed by atoms with E-state index in [-0.39, 0.29) is 12.6 Å². The summed E-state index contributed by atoms with van der Waals surface area (Å²) in [7, 11) is 0. The summed E-state index contributed by atoms with van der Waals surface area (Å²) in [6.45, 7) is 9.45. The number of hydrogen-bond acceptors (Lipinski definition) is 4. The number of aromatic nitrogens is 1. The number of aliphatic hydroxyl groups excluding tert-OH is 1. The molecule has 1 aromatic carbocycles. The maximum Gasteiger partial charge on any atom is 0.0956 e. The minimum absolute atomic E-state index is 0.0866. The monoisotopic (exact) mass is 304 g/mol. The number of aryl methyl sites for hydroxylation is 1. The van der Waals surface area contributed by atoms with E-state index in [1.54, 1.807) is 11.3 Å². The van der Waals surface area contributed by atoms with Crippen molar-refractivity contribution in [1.82, 2.24) is 10.3 Å². The van der Waals surface area contributed by atoms with Gasteiger partial charge in [0.2, 0.25) is 0 Å². The van der Waals surface area contributed by atoms with Crippen molar-refractivity contribution in [2.75, 3.05) is 0 Å². The van der Waals surface area contributed by atoms with Crippen molar-refractivity contribution in [3.8, 4) is 0 Å². The first-order valence-corrected chi connectivity index (χ1v) is 8.22. The number of nitrogens with one attached hydrogen (secondary N) is 1. The van der Waals surface area contributed by atoms with Gasteiger partial charge in [0.05, 0.1) is 17.3 Å². The van der Waals surface area contributed by atoms with Gasteiger partial charge in [0, 0.05) is 23.4 Å². The Hall–Kier alpha value is -1.23. The standard InChI is InChI=1S/C17H24N2OS/c1-11(2)17-19-13(4)16(21-17)12(3)18-9-14-7-5-6-8-15(14)10-20/h5-8,11-12,18,20H,9-10H2,1-4H3. The molecule has 0 aliphatic carbocycles. The molecule has 3 nitrogen and oxygen atoms in total. The first-order valence-electron chi connectivity index (χ1n) is 7.41. The lowest BCUT2D eigenvalue weighted by Crippen LogP contribution is -2.18. The molecule has 21 heavy (non-hydrogen) atoms. The molecule has 0 radical (unpaired) electrons. The van der Waals surface area contributed by atoms with Crippen molar-refractivity contribution in [2.24, 2.45) is 0 Å². The van der Waals surface area contributed by atoms with Crippen LogP contribution in [0.1, 0.15) is 59.4 Å². The van der Waals surface area contributed by atoms with Crippen molar-refractivity contribution in [2.45, 2.75) is 52.8 Å². The molecule has 2 aromatic rings. The smallest absolute Gasteiger partial charge is 0.0956 e. The fourth-order valence-electron chi connectivity index (χ4n) is 2.32. The lowest BCUT2D eigenvalue weighted by atomic mass is 10.1. The average molecular weight is 304 g/mol. The van der Waals surface area contributed by atoms with Gasteiger partial charge >= 0.3 is 0 Å². The molecule has 0 amide bonds. The highest BCUT2D eigenvalue weighted by Crippen LogP contribution is 2.29. The predicted octanol–water partition coefficient (Wildman–Crippen LogP) is 3.92. The molecule has 1 aromatic heterocycles. The molecule has 0 aliphatic heterocycles. The Morgan fingerprint density at radius 1 is 1.19 bits per heavy atom. The summed E-state index contributed by atoms with van der Waals surface area (Å²) < 4.78 is 0. The third kappa shape index (κ3) is 3.90. The Kier molecular flexibility index (Phi) is 5.51. The number of hydrogen-bond donors (Lipinski definition) is 2. The Morgan fingerprint density at radius 3 is 2.43 bits per heavy atom. The van der Waals surface area contributed by atoms with Crippen LogP contribution in [-0.4, -0.2) is 10.1 Å². The average Bonchev–Trinajstić information content (AvgIpc) is 2.87. The highest BCUT2D eigenvalue weighted by Gasteiger charge is 2.15. The van der Waals surface area contributed by atoms with E-state index in [9.17, 15) is 5.11 Å². The van der Waals surface area contributed by atoms with Gasteiger partial charge in [-0.05, 0) is 25.0 Å². The molecule has 1 atom stereocenters. The van der Waals surface area contributed by atoms with Gasteiger partial charge in [0.15, 0.2) is 0 Å². The maximum absolute atomic E-state index is 9.37. The van der Waals surface area contributed by atoms with Crippen molar-refractivity contribution in [1.29, 1.82) is 0 Å². The molecule has 2 N–H and O–H groups in total. The van der Waals surface area contributed by atoms with Crippen molar-refractivity contribution < 1.29 is 5.11 Å². The summed E-state index contributed by atoms with van der Waals surface area (Å²) in [6, 6.07) is 8.26. The van der Waals surface area contributed by atoms with Gasteiger partial charge in [-0.1, -0.05) is 38.1 Å². The summed E-state index contributed by atoms with van der Waals surface area (Å²) >= 11 is 1.80. The van der Waals surface area contributed by atoms with E-state index in [1.807, 2.05) is 18.2 Å². The molecular weight excluding hydrogens is 280 g/mol. The predicted molar refractivity (Wildman–Crippen MR) is 88.6 cm³/mol. The summed E-state index contributed by atoms with van der Waals surface area (Å²) in [5.41, 5.74) is 3.26. The molecular formula is C17H24N2OS. The summed E-state index contributed by atoms with van der Waals surface area (Å²) in [6.07, 6.45) is 0. The number of rotatable bonds is 6. The van der Waals surface area contributed by atoms with E-state index >= 15 is 0 Å². The van der Waals surface area contributed by atoms with Crippen LogP contribution < -0.4 is 5.32 Å². The molecule has 1 unspecified atom stereocenters. The highest BCUT2D eigenvalue weighted by molar-refractivity contribution is 7.11. The van der Waals surface area contributed by atoms with E-state index in [4.69, 9.17) is 0 Å². The largest absolute Gasteiger partial charge is 0.392 e. The zero-order valence-electron chi connectivity index (χ0n) is 13.2. The van der Waals surface area contributed by atoms with Crippen LogP contribution in [-0.2, 0) is 13.2 Å². The quantitative estimate of drug-likeness (QED) is 0.850. The van der Waals surface area contributed by atoms with Gasteiger partial charge in [-0.3, -0.25) is 0 Å². The summed E-state index contributed by atoms with van der Waals surface area (Å²) in [5.74, 6) is 0.477. The fourth-order valence-corrected chi connectivity index (χ4v) is 3.42. The van der Waals surface area contributed by atoms with Crippen molar-refractivity contribution in [3.63, 3.8) is 0 Å². The number of aliphatic hydroxyl groups is 1. The molecule has 0 spiro atoms. The Morgan fingerprint density at radius 2 is 1.86 bits per heavy atom. The SMILES string of the molecule is Cc1nc(C(C)C)sc1C(C)NCc1ccccc1CO. The highest BCUT2D eigenvalue weighted by atomic mass is 32.1. The molecule has 0 fully saturated rings. The summed E-state index contributed by atoms with van der Waals surface area (Å²) in [4.78, 5) is 5.96. The second kappa shape index (κ2) is 7.16. The molecule has 4 heteroatoms. The van der Waals surface area contributed by atoms with Crippen LogP contribution in [0, 0.1) is 6.92 Å². The van der Waals surface area contributed by atoms with Gasteiger partial charge in [0.1, 0.15) is 0 Å². The van der Waals surface area contributed by atoms with E-state index in [1.165, 1.54) is 9.88 Å². The van der Waals surface area contributed by atoms with Crippen LogP contribution in [0.15, 0.2) is 24.3 Å². The second-order valence-electron chi connectivity index (χ2n) is 5.69. The van der Waals surface area contributed by atoms with E-state index in [0.717, 1.165) is 23.4 Å². The lowest BCUT2D eigenvalue weighted by Gasteiger charge is -2.14. The second-order valence-corrected chi connectivity index (χ2v) is 6.75. The molecule has 2 rings (SSSR count). The van der Waals surface area contributed by atoms with Gasteiger partial charge < -0.3 is 10.4 Å². The molecule has 0 saturated carbocycles. The van der Waals surface area contributed by atoms with Crippen LogP contribution in [0.5, 0.6) is 0 Å². The molecule has 114 valence electrons. The van der Waals surface area contributed by atoms with Crippen LogP contribution in [0.4, 0.5) is 0 Å². The first kappa shape index (κ1) is 16.1.